The highest BCUT2D eigenvalue weighted by molar-refractivity contribution is 7.98. The van der Waals surface area contributed by atoms with Gasteiger partial charge >= 0.3 is 5.97 Å². The van der Waals surface area contributed by atoms with Crippen LogP contribution < -0.4 is 21.7 Å². The highest BCUT2D eigenvalue weighted by Crippen LogP contribution is 2.19. The van der Waals surface area contributed by atoms with E-state index >= 15 is 0 Å². The van der Waals surface area contributed by atoms with Gasteiger partial charge in [-0.25, -0.2) is 4.79 Å². The summed E-state index contributed by atoms with van der Waals surface area (Å²) in [6.07, 6.45) is 4.62. The van der Waals surface area contributed by atoms with Gasteiger partial charge in [0, 0.05) is 29.9 Å². The van der Waals surface area contributed by atoms with Crippen LogP contribution in [-0.4, -0.2) is 70.0 Å². The molecule has 3 amide bonds. The molecule has 42 heavy (non-hydrogen) atoms. The number of benzene rings is 2. The Morgan fingerprint density at radius 1 is 0.857 bits per heavy atom. The van der Waals surface area contributed by atoms with Crippen molar-refractivity contribution in [2.75, 3.05) is 12.0 Å². The third kappa shape index (κ3) is 9.63. The summed E-state index contributed by atoms with van der Waals surface area (Å²) in [5.74, 6) is -2.07. The molecule has 4 unspecified atom stereocenters. The smallest absolute Gasteiger partial charge is 0.326 e. The Morgan fingerprint density at radius 3 is 2.10 bits per heavy atom. The van der Waals surface area contributed by atoms with E-state index in [-0.39, 0.29) is 25.2 Å². The van der Waals surface area contributed by atoms with Gasteiger partial charge in [-0.15, -0.1) is 0 Å². The van der Waals surface area contributed by atoms with Crippen LogP contribution in [-0.2, 0) is 32.0 Å². The van der Waals surface area contributed by atoms with Crippen molar-refractivity contribution in [2.24, 2.45) is 11.7 Å². The predicted octanol–water partition coefficient (Wildman–Crippen LogP) is 2.62. The van der Waals surface area contributed by atoms with E-state index in [0.717, 1.165) is 22.0 Å². The summed E-state index contributed by atoms with van der Waals surface area (Å²) >= 11 is 1.48. The zero-order valence-electron chi connectivity index (χ0n) is 24.3. The number of H-pyrrole nitrogens is 1. The minimum Gasteiger partial charge on any atom is -0.480 e. The van der Waals surface area contributed by atoms with Gasteiger partial charge in [-0.1, -0.05) is 62.4 Å². The zero-order chi connectivity index (χ0) is 30.6. The number of carbonyl (C=O) groups excluding carboxylic acids is 3. The van der Waals surface area contributed by atoms with Crippen molar-refractivity contribution in [2.45, 2.75) is 63.7 Å². The number of carbonyl (C=O) groups is 4. The molecular formula is C31H41N5O5S. The molecule has 7 N–H and O–H groups in total. The molecule has 0 aliphatic rings. The number of fused-ring (bicyclic) bond motifs is 1. The average molecular weight is 596 g/mol. The lowest BCUT2D eigenvalue weighted by Crippen LogP contribution is -2.58. The third-order valence-electron chi connectivity index (χ3n) is 6.93. The van der Waals surface area contributed by atoms with Gasteiger partial charge in [0.05, 0.1) is 6.04 Å². The molecule has 1 heterocycles. The van der Waals surface area contributed by atoms with Crippen LogP contribution in [0.2, 0.25) is 0 Å². The largest absolute Gasteiger partial charge is 0.480 e. The van der Waals surface area contributed by atoms with E-state index in [1.165, 1.54) is 11.8 Å². The maximum absolute atomic E-state index is 13.8. The molecule has 226 valence electrons. The number of para-hydroxylation sites is 1. The van der Waals surface area contributed by atoms with E-state index in [9.17, 15) is 24.3 Å². The molecule has 3 aromatic rings. The van der Waals surface area contributed by atoms with Gasteiger partial charge < -0.3 is 31.8 Å². The van der Waals surface area contributed by atoms with Gasteiger partial charge in [-0.3, -0.25) is 14.4 Å². The number of nitrogens with two attached hydrogens (primary N) is 1. The molecule has 2 aromatic carbocycles. The van der Waals surface area contributed by atoms with Crippen LogP contribution in [0, 0.1) is 5.92 Å². The Hall–Kier alpha value is -3.83. The number of amides is 3. The normalized spacial score (nSPS) is 14.1. The fourth-order valence-electron chi connectivity index (χ4n) is 4.72. The molecule has 0 saturated carbocycles. The Kier molecular flexibility index (Phi) is 12.4. The number of carboxylic acid groups (broad SMARTS) is 1. The van der Waals surface area contributed by atoms with Crippen molar-refractivity contribution in [3.05, 3.63) is 71.9 Å². The lowest BCUT2D eigenvalue weighted by molar-refractivity contribution is -0.142. The van der Waals surface area contributed by atoms with E-state index in [1.807, 2.05) is 74.7 Å². The van der Waals surface area contributed by atoms with Crippen LogP contribution >= 0.6 is 11.8 Å². The van der Waals surface area contributed by atoms with Crippen molar-refractivity contribution < 1.29 is 24.3 Å². The number of aliphatic carboxylic acids is 1. The second-order valence-electron chi connectivity index (χ2n) is 10.8. The number of hydrogen-bond donors (Lipinski definition) is 6. The maximum atomic E-state index is 13.8. The van der Waals surface area contributed by atoms with E-state index in [0.29, 0.717) is 12.2 Å². The summed E-state index contributed by atoms with van der Waals surface area (Å²) in [5, 5.41) is 18.8. The minimum atomic E-state index is -1.15. The Morgan fingerprint density at radius 2 is 1.45 bits per heavy atom. The molecule has 0 radical (unpaired) electrons. The van der Waals surface area contributed by atoms with E-state index in [2.05, 4.69) is 20.9 Å². The van der Waals surface area contributed by atoms with Crippen LogP contribution in [0.4, 0.5) is 0 Å². The van der Waals surface area contributed by atoms with Crippen LogP contribution in [0.3, 0.4) is 0 Å². The molecule has 0 bridgehead atoms. The second-order valence-corrected chi connectivity index (χ2v) is 11.8. The number of carboxylic acids is 1. The molecule has 1 aromatic heterocycles. The number of rotatable bonds is 16. The van der Waals surface area contributed by atoms with Crippen molar-refractivity contribution in [3.8, 4) is 0 Å². The van der Waals surface area contributed by atoms with Crippen LogP contribution in [0.5, 0.6) is 0 Å². The maximum Gasteiger partial charge on any atom is 0.326 e. The van der Waals surface area contributed by atoms with Gasteiger partial charge in [-0.2, -0.15) is 11.8 Å². The van der Waals surface area contributed by atoms with Crippen LogP contribution in [0.15, 0.2) is 60.8 Å². The number of hydrogen-bond acceptors (Lipinski definition) is 6. The highest BCUT2D eigenvalue weighted by Gasteiger charge is 2.31. The zero-order valence-corrected chi connectivity index (χ0v) is 25.1. The number of aromatic amines is 1. The predicted molar refractivity (Wildman–Crippen MR) is 166 cm³/mol. The lowest BCUT2D eigenvalue weighted by atomic mass is 10.00. The summed E-state index contributed by atoms with van der Waals surface area (Å²) in [6.45, 7) is 3.92. The Balaban J connectivity index is 1.88. The molecule has 4 atom stereocenters. The summed E-state index contributed by atoms with van der Waals surface area (Å²) in [5.41, 5.74) is 8.62. The summed E-state index contributed by atoms with van der Waals surface area (Å²) < 4.78 is 0. The molecule has 0 aliphatic carbocycles. The van der Waals surface area contributed by atoms with Crippen molar-refractivity contribution in [1.29, 1.82) is 0 Å². The molecule has 11 heteroatoms. The fourth-order valence-corrected chi connectivity index (χ4v) is 5.19. The molecule has 3 rings (SSSR count). The SMILES string of the molecule is CSCCC(NC(=O)C(Cc1ccccc1)NC(=O)C(Cc1c[nH]c2ccccc12)NC(=O)C(N)CC(C)C)C(=O)O. The Labute approximate surface area is 250 Å². The highest BCUT2D eigenvalue weighted by atomic mass is 32.2. The fraction of sp³-hybridized carbons (Fsp3) is 0.419. The first-order valence-corrected chi connectivity index (χ1v) is 15.5. The van der Waals surface area contributed by atoms with Gasteiger partial charge in [0.2, 0.25) is 17.7 Å². The van der Waals surface area contributed by atoms with Crippen molar-refractivity contribution in [1.82, 2.24) is 20.9 Å². The Bertz CT molecular complexity index is 1350. The molecule has 0 aliphatic heterocycles. The van der Waals surface area contributed by atoms with Crippen LogP contribution in [0.1, 0.15) is 37.8 Å². The minimum absolute atomic E-state index is 0.133. The first-order chi connectivity index (χ1) is 20.1. The topological polar surface area (TPSA) is 166 Å². The monoisotopic (exact) mass is 595 g/mol. The molecular weight excluding hydrogens is 554 g/mol. The van der Waals surface area contributed by atoms with Crippen molar-refractivity contribution >= 4 is 46.4 Å². The summed E-state index contributed by atoms with van der Waals surface area (Å²) in [4.78, 5) is 55.3. The summed E-state index contributed by atoms with van der Waals surface area (Å²) in [6, 6.07) is 12.7. The van der Waals surface area contributed by atoms with Gasteiger partial charge in [0.15, 0.2) is 0 Å². The van der Waals surface area contributed by atoms with E-state index in [4.69, 9.17) is 5.73 Å². The van der Waals surface area contributed by atoms with Gasteiger partial charge in [0.25, 0.3) is 0 Å². The van der Waals surface area contributed by atoms with Gasteiger partial charge in [-0.05, 0) is 48.0 Å². The van der Waals surface area contributed by atoms with Crippen molar-refractivity contribution in [3.63, 3.8) is 0 Å². The van der Waals surface area contributed by atoms with E-state index in [1.54, 1.807) is 6.20 Å². The van der Waals surface area contributed by atoms with Crippen LogP contribution in [0.25, 0.3) is 10.9 Å². The average Bonchev–Trinajstić information content (AvgIpc) is 3.37. The number of aromatic nitrogens is 1. The second kappa shape index (κ2) is 16.0. The molecule has 0 saturated heterocycles. The molecule has 0 fully saturated rings. The third-order valence-corrected chi connectivity index (χ3v) is 7.58. The van der Waals surface area contributed by atoms with E-state index < -0.39 is 47.9 Å². The standard InChI is InChI=1S/C31H41N5O5S/c1-19(2)15-23(32)28(37)35-27(17-21-18-33-24-12-8-7-11-22(21)24)30(39)36-26(16-20-9-5-4-6-10-20)29(38)34-25(31(40)41)13-14-42-3/h4-12,18-19,23,25-27,33H,13-17,32H2,1-3H3,(H,34,38)(H,35,37)(H,36,39)(H,40,41). The lowest BCUT2D eigenvalue weighted by Gasteiger charge is -2.25. The number of nitrogens with one attached hydrogen (secondary N) is 4. The summed E-state index contributed by atoms with van der Waals surface area (Å²) in [7, 11) is 0. The van der Waals surface area contributed by atoms with Gasteiger partial charge in [0.1, 0.15) is 18.1 Å². The first-order valence-electron chi connectivity index (χ1n) is 14.1. The molecule has 0 spiro atoms. The molecule has 10 nitrogen and oxygen atoms in total. The first kappa shape index (κ1) is 32.7. The quantitative estimate of drug-likeness (QED) is 0.148. The number of thioether (sulfide) groups is 1.